The fourth-order valence-electron chi connectivity index (χ4n) is 1.88. The highest BCUT2D eigenvalue weighted by atomic mass is 32.2. The third kappa shape index (κ3) is 4.46. The van der Waals surface area contributed by atoms with Gasteiger partial charge in [0, 0.05) is 6.07 Å². The Balaban J connectivity index is 2.09. The van der Waals surface area contributed by atoms with E-state index in [1.807, 2.05) is 30.3 Å². The first-order chi connectivity index (χ1) is 10.00. The van der Waals surface area contributed by atoms with Crippen molar-refractivity contribution in [2.45, 2.75) is 6.42 Å². The molecule has 0 aromatic heterocycles. The van der Waals surface area contributed by atoms with Gasteiger partial charge in [-0.25, -0.2) is 12.8 Å². The number of nitrogens with one attached hydrogen (secondary N) is 1. The highest BCUT2D eigenvalue weighted by molar-refractivity contribution is 7.92. The van der Waals surface area contributed by atoms with E-state index < -0.39 is 15.8 Å². The molecule has 0 bridgehead atoms. The fourth-order valence-corrected chi connectivity index (χ4v) is 2.98. The summed E-state index contributed by atoms with van der Waals surface area (Å²) in [7, 11) is -2.18. The summed E-state index contributed by atoms with van der Waals surface area (Å²) < 4.78 is 44.7. The predicted molar refractivity (Wildman–Crippen MR) is 80.5 cm³/mol. The minimum absolute atomic E-state index is 0.0866. The van der Waals surface area contributed by atoms with Crippen molar-refractivity contribution >= 4 is 15.7 Å². The highest BCUT2D eigenvalue weighted by Crippen LogP contribution is 2.26. The molecule has 112 valence electrons. The Bertz CT molecular complexity index is 702. The van der Waals surface area contributed by atoms with E-state index in [2.05, 4.69) is 4.72 Å². The van der Waals surface area contributed by atoms with Gasteiger partial charge in [-0.05, 0) is 24.1 Å². The van der Waals surface area contributed by atoms with Crippen LogP contribution in [0.3, 0.4) is 0 Å². The number of ether oxygens (including phenoxy) is 1. The maximum atomic E-state index is 13.2. The molecule has 0 fully saturated rings. The van der Waals surface area contributed by atoms with Crippen molar-refractivity contribution in [3.05, 3.63) is 59.9 Å². The van der Waals surface area contributed by atoms with Crippen LogP contribution in [0.5, 0.6) is 5.75 Å². The Morgan fingerprint density at radius 1 is 1.14 bits per heavy atom. The lowest BCUT2D eigenvalue weighted by Gasteiger charge is -2.11. The minimum Gasteiger partial charge on any atom is -0.495 e. The largest absolute Gasteiger partial charge is 0.495 e. The van der Waals surface area contributed by atoms with Gasteiger partial charge in [0.15, 0.2) is 0 Å². The van der Waals surface area contributed by atoms with Gasteiger partial charge in [0.25, 0.3) is 0 Å². The van der Waals surface area contributed by atoms with Gasteiger partial charge in [-0.1, -0.05) is 30.3 Å². The second kappa shape index (κ2) is 6.58. The van der Waals surface area contributed by atoms with E-state index in [1.54, 1.807) is 0 Å². The van der Waals surface area contributed by atoms with Crippen molar-refractivity contribution in [1.82, 2.24) is 0 Å². The first-order valence-corrected chi connectivity index (χ1v) is 8.03. The summed E-state index contributed by atoms with van der Waals surface area (Å²) in [5.74, 6) is -0.340. The molecular weight excluding hydrogens is 293 g/mol. The molecular formula is C15H16FNO3S. The molecule has 0 radical (unpaired) electrons. The van der Waals surface area contributed by atoms with E-state index in [4.69, 9.17) is 4.74 Å². The lowest BCUT2D eigenvalue weighted by molar-refractivity contribution is 0.416. The van der Waals surface area contributed by atoms with Crippen LogP contribution in [-0.4, -0.2) is 21.3 Å². The van der Waals surface area contributed by atoms with Gasteiger partial charge < -0.3 is 4.74 Å². The predicted octanol–water partition coefficient (Wildman–Crippen LogP) is 2.82. The third-order valence-corrected chi connectivity index (χ3v) is 4.20. The van der Waals surface area contributed by atoms with Gasteiger partial charge in [0.1, 0.15) is 11.6 Å². The summed E-state index contributed by atoms with van der Waals surface area (Å²) in [5.41, 5.74) is 1.03. The Hall–Kier alpha value is -2.08. The first-order valence-electron chi connectivity index (χ1n) is 6.38. The van der Waals surface area contributed by atoms with Gasteiger partial charge in [-0.15, -0.1) is 0 Å². The number of aryl methyl sites for hydroxylation is 1. The molecule has 1 N–H and O–H groups in total. The lowest BCUT2D eigenvalue weighted by Crippen LogP contribution is -2.18. The Morgan fingerprint density at radius 3 is 2.52 bits per heavy atom. The fraction of sp³-hybridized carbons (Fsp3) is 0.200. The summed E-state index contributed by atoms with van der Waals surface area (Å²) in [6.07, 6.45) is 0.383. The van der Waals surface area contributed by atoms with Gasteiger partial charge >= 0.3 is 0 Å². The smallest absolute Gasteiger partial charge is 0.233 e. The van der Waals surface area contributed by atoms with Crippen molar-refractivity contribution in [1.29, 1.82) is 0 Å². The van der Waals surface area contributed by atoms with Crippen LogP contribution in [0.15, 0.2) is 48.5 Å². The summed E-state index contributed by atoms with van der Waals surface area (Å²) in [5, 5.41) is 0. The Labute approximate surface area is 123 Å². The zero-order chi connectivity index (χ0) is 15.3. The molecule has 0 atom stereocenters. The number of anilines is 1. The molecule has 0 heterocycles. The molecule has 0 unspecified atom stereocenters. The molecule has 4 nitrogen and oxygen atoms in total. The number of rotatable bonds is 6. The van der Waals surface area contributed by atoms with Crippen LogP contribution in [0.2, 0.25) is 0 Å². The zero-order valence-corrected chi connectivity index (χ0v) is 12.4. The molecule has 0 amide bonds. The molecule has 2 aromatic carbocycles. The number of hydrogen-bond acceptors (Lipinski definition) is 3. The van der Waals surface area contributed by atoms with Crippen molar-refractivity contribution in [3.8, 4) is 5.75 Å². The molecule has 0 aliphatic rings. The van der Waals surface area contributed by atoms with E-state index in [9.17, 15) is 12.8 Å². The molecule has 0 spiro atoms. The second-order valence-corrected chi connectivity index (χ2v) is 6.34. The van der Waals surface area contributed by atoms with Crippen LogP contribution in [0.4, 0.5) is 10.1 Å². The normalized spacial score (nSPS) is 11.1. The number of sulfonamides is 1. The molecule has 2 aromatic rings. The van der Waals surface area contributed by atoms with Crippen molar-refractivity contribution < 1.29 is 17.5 Å². The van der Waals surface area contributed by atoms with E-state index in [0.29, 0.717) is 6.42 Å². The van der Waals surface area contributed by atoms with Gasteiger partial charge in [0.2, 0.25) is 10.0 Å². The third-order valence-electron chi connectivity index (χ3n) is 2.93. The summed E-state index contributed by atoms with van der Waals surface area (Å²) in [6, 6.07) is 13.0. The maximum Gasteiger partial charge on any atom is 0.233 e. The molecule has 0 saturated heterocycles. The molecule has 0 aliphatic carbocycles. The van der Waals surface area contributed by atoms with Crippen molar-refractivity contribution in [2.24, 2.45) is 0 Å². The number of benzene rings is 2. The number of hydrogen-bond donors (Lipinski definition) is 1. The molecule has 6 heteroatoms. The van der Waals surface area contributed by atoms with Crippen LogP contribution < -0.4 is 9.46 Å². The number of halogens is 1. The van der Waals surface area contributed by atoms with Crippen LogP contribution in [0, 0.1) is 5.82 Å². The van der Waals surface area contributed by atoms with E-state index in [0.717, 1.165) is 11.6 Å². The molecule has 0 aliphatic heterocycles. The summed E-state index contributed by atoms with van der Waals surface area (Å²) in [6.45, 7) is 0. The van der Waals surface area contributed by atoms with Crippen LogP contribution in [0.25, 0.3) is 0 Å². The Kier molecular flexibility index (Phi) is 4.80. The monoisotopic (exact) mass is 309 g/mol. The van der Waals surface area contributed by atoms with E-state index >= 15 is 0 Å². The van der Waals surface area contributed by atoms with E-state index in [1.165, 1.54) is 19.2 Å². The van der Waals surface area contributed by atoms with E-state index in [-0.39, 0.29) is 17.2 Å². The van der Waals surface area contributed by atoms with Crippen molar-refractivity contribution in [3.63, 3.8) is 0 Å². The van der Waals surface area contributed by atoms with Crippen molar-refractivity contribution in [2.75, 3.05) is 17.6 Å². The average molecular weight is 309 g/mol. The van der Waals surface area contributed by atoms with Gasteiger partial charge in [-0.2, -0.15) is 0 Å². The maximum absolute atomic E-state index is 13.2. The molecule has 0 saturated carbocycles. The average Bonchev–Trinajstić information content (AvgIpc) is 2.46. The molecule has 21 heavy (non-hydrogen) atoms. The first kappa shape index (κ1) is 15.3. The van der Waals surface area contributed by atoms with Crippen LogP contribution in [0.1, 0.15) is 5.56 Å². The summed E-state index contributed by atoms with van der Waals surface area (Å²) >= 11 is 0. The van der Waals surface area contributed by atoms with Crippen LogP contribution in [-0.2, 0) is 16.4 Å². The number of methoxy groups -OCH3 is 1. The standard InChI is InChI=1S/C15H16FNO3S/c1-20-15-8-7-13(16)11-14(15)17-21(18,19)10-9-12-5-3-2-4-6-12/h2-8,11,17H,9-10H2,1H3. The SMILES string of the molecule is COc1ccc(F)cc1NS(=O)(=O)CCc1ccccc1. The van der Waals surface area contributed by atoms with Gasteiger partial charge in [-0.3, -0.25) is 4.72 Å². The molecule has 2 rings (SSSR count). The quantitative estimate of drug-likeness (QED) is 0.892. The topological polar surface area (TPSA) is 55.4 Å². The Morgan fingerprint density at radius 2 is 1.86 bits per heavy atom. The minimum atomic E-state index is -3.58. The zero-order valence-electron chi connectivity index (χ0n) is 11.5. The summed E-state index contributed by atoms with van der Waals surface area (Å²) in [4.78, 5) is 0. The lowest BCUT2D eigenvalue weighted by atomic mass is 10.2. The van der Waals surface area contributed by atoms with Crippen LogP contribution >= 0.6 is 0 Å². The second-order valence-electron chi connectivity index (χ2n) is 4.50. The van der Waals surface area contributed by atoms with Gasteiger partial charge in [0.05, 0.1) is 18.6 Å². The highest BCUT2D eigenvalue weighted by Gasteiger charge is 2.14.